The highest BCUT2D eigenvalue weighted by Gasteiger charge is 2.30. The lowest BCUT2D eigenvalue weighted by Crippen LogP contribution is -2.46. The fourth-order valence-corrected chi connectivity index (χ4v) is 1.01. The first kappa shape index (κ1) is 10.9. The minimum absolute atomic E-state index is 0.416. The summed E-state index contributed by atoms with van der Waals surface area (Å²) in [5.74, 6) is -2.63. The van der Waals surface area contributed by atoms with Gasteiger partial charge < -0.3 is 10.2 Å². The number of nitrogens with zero attached hydrogens (tertiary/aromatic N) is 1. The largest absolute Gasteiger partial charge is 0.480 e. The van der Waals surface area contributed by atoms with Gasteiger partial charge in [0.05, 0.1) is 0 Å². The van der Waals surface area contributed by atoms with E-state index < -0.39 is 18.0 Å². The normalized spacial score (nSPS) is 10.7. The number of hydrogen-bond donors (Lipinski definition) is 2. The van der Waals surface area contributed by atoms with Crippen LogP contribution in [-0.4, -0.2) is 46.2 Å². The molecule has 0 aromatic carbocycles. The molecular formula is C7H13NO4. The van der Waals surface area contributed by atoms with Crippen molar-refractivity contribution in [3.8, 4) is 0 Å². The Bertz CT molecular complexity index is 162. The Morgan fingerprint density at radius 2 is 1.50 bits per heavy atom. The molecule has 0 rings (SSSR count). The van der Waals surface area contributed by atoms with Crippen molar-refractivity contribution in [1.29, 1.82) is 0 Å². The summed E-state index contributed by atoms with van der Waals surface area (Å²) in [6, 6.07) is -1.42. The first-order chi connectivity index (χ1) is 5.54. The van der Waals surface area contributed by atoms with Crippen LogP contribution in [0.5, 0.6) is 0 Å². The molecule has 0 fully saturated rings. The molecule has 0 unspecified atom stereocenters. The molecule has 0 spiro atoms. The molecule has 0 saturated carbocycles. The number of aliphatic carboxylic acids is 2. The fourth-order valence-electron chi connectivity index (χ4n) is 1.01. The smallest absolute Gasteiger partial charge is 0.332 e. The van der Waals surface area contributed by atoms with E-state index in [9.17, 15) is 9.59 Å². The summed E-state index contributed by atoms with van der Waals surface area (Å²) in [5.41, 5.74) is 0. The van der Waals surface area contributed by atoms with Crippen LogP contribution in [0.1, 0.15) is 13.8 Å². The Labute approximate surface area is 70.6 Å². The van der Waals surface area contributed by atoms with Gasteiger partial charge in [0.1, 0.15) is 0 Å². The highest BCUT2D eigenvalue weighted by Crippen LogP contribution is 1.99. The Hall–Kier alpha value is -1.10. The summed E-state index contributed by atoms with van der Waals surface area (Å²) in [4.78, 5) is 22.3. The molecule has 0 heterocycles. The number of likely N-dealkylation sites (N-methyl/N-ethyl adjacent to an activating group) is 1. The van der Waals surface area contributed by atoms with E-state index in [-0.39, 0.29) is 0 Å². The summed E-state index contributed by atoms with van der Waals surface area (Å²) >= 11 is 0. The van der Waals surface area contributed by atoms with Gasteiger partial charge in [-0.25, -0.2) is 9.59 Å². The molecule has 0 atom stereocenters. The van der Waals surface area contributed by atoms with Crippen molar-refractivity contribution in [3.63, 3.8) is 0 Å². The van der Waals surface area contributed by atoms with E-state index in [4.69, 9.17) is 10.2 Å². The average Bonchev–Trinajstić information content (AvgIpc) is 1.98. The highest BCUT2D eigenvalue weighted by molar-refractivity contribution is 5.97. The third kappa shape index (κ3) is 2.50. The quantitative estimate of drug-likeness (QED) is 0.569. The zero-order valence-corrected chi connectivity index (χ0v) is 7.15. The van der Waals surface area contributed by atoms with Crippen LogP contribution in [0.3, 0.4) is 0 Å². The zero-order chi connectivity index (χ0) is 9.72. The van der Waals surface area contributed by atoms with E-state index in [0.717, 1.165) is 0 Å². The minimum atomic E-state index is -1.42. The van der Waals surface area contributed by atoms with E-state index in [1.165, 1.54) is 4.90 Å². The van der Waals surface area contributed by atoms with Crippen molar-refractivity contribution in [2.24, 2.45) is 0 Å². The number of hydrogen-bond acceptors (Lipinski definition) is 3. The van der Waals surface area contributed by atoms with Gasteiger partial charge in [-0.15, -0.1) is 0 Å². The lowest BCUT2D eigenvalue weighted by Gasteiger charge is -2.22. The van der Waals surface area contributed by atoms with Gasteiger partial charge >= 0.3 is 11.9 Å². The molecule has 12 heavy (non-hydrogen) atoms. The van der Waals surface area contributed by atoms with Crippen molar-refractivity contribution in [2.75, 3.05) is 13.1 Å². The van der Waals surface area contributed by atoms with Gasteiger partial charge in [0.15, 0.2) is 0 Å². The van der Waals surface area contributed by atoms with Gasteiger partial charge in [-0.1, -0.05) is 13.8 Å². The van der Waals surface area contributed by atoms with Crippen molar-refractivity contribution in [2.45, 2.75) is 19.9 Å². The molecule has 0 aliphatic carbocycles. The second-order valence-electron chi connectivity index (χ2n) is 2.30. The van der Waals surface area contributed by atoms with Crippen LogP contribution >= 0.6 is 0 Å². The molecule has 5 heteroatoms. The predicted molar refractivity (Wildman–Crippen MR) is 42.0 cm³/mol. The number of carbonyl (C=O) groups is 2. The number of carboxylic acids is 2. The molecule has 0 aliphatic rings. The summed E-state index contributed by atoms with van der Waals surface area (Å²) in [5, 5.41) is 17.1. The van der Waals surface area contributed by atoms with Gasteiger partial charge in [0, 0.05) is 0 Å². The van der Waals surface area contributed by atoms with E-state index in [0.29, 0.717) is 13.1 Å². The molecule has 0 radical (unpaired) electrons. The standard InChI is InChI=1S/C7H13NO4/c1-3-8(4-2)5(6(9)10)7(11)12/h5H,3-4H2,1-2H3,(H,9,10)(H,11,12). The van der Waals surface area contributed by atoms with Crippen LogP contribution in [0, 0.1) is 0 Å². The lowest BCUT2D eigenvalue weighted by atomic mass is 10.2. The zero-order valence-electron chi connectivity index (χ0n) is 7.15. The molecule has 0 bridgehead atoms. The molecule has 0 aromatic heterocycles. The van der Waals surface area contributed by atoms with Crippen LogP contribution in [0.15, 0.2) is 0 Å². The van der Waals surface area contributed by atoms with Crippen molar-refractivity contribution in [3.05, 3.63) is 0 Å². The third-order valence-corrected chi connectivity index (χ3v) is 1.65. The maximum atomic E-state index is 10.5. The van der Waals surface area contributed by atoms with Gasteiger partial charge in [0.25, 0.3) is 0 Å². The lowest BCUT2D eigenvalue weighted by molar-refractivity contribution is -0.156. The molecule has 0 saturated heterocycles. The Balaban J connectivity index is 4.47. The van der Waals surface area contributed by atoms with Crippen molar-refractivity contribution < 1.29 is 19.8 Å². The van der Waals surface area contributed by atoms with Crippen LogP contribution in [0.2, 0.25) is 0 Å². The average molecular weight is 175 g/mol. The monoisotopic (exact) mass is 175 g/mol. The summed E-state index contributed by atoms with van der Waals surface area (Å²) in [7, 11) is 0. The van der Waals surface area contributed by atoms with Gasteiger partial charge in [-0.05, 0) is 13.1 Å². The molecule has 0 aromatic rings. The van der Waals surface area contributed by atoms with Crippen LogP contribution < -0.4 is 0 Å². The molecule has 0 amide bonds. The topological polar surface area (TPSA) is 77.8 Å². The van der Waals surface area contributed by atoms with Crippen LogP contribution in [0.4, 0.5) is 0 Å². The molecule has 0 aliphatic heterocycles. The van der Waals surface area contributed by atoms with E-state index >= 15 is 0 Å². The Morgan fingerprint density at radius 3 is 1.58 bits per heavy atom. The third-order valence-electron chi connectivity index (χ3n) is 1.65. The second-order valence-corrected chi connectivity index (χ2v) is 2.30. The Kier molecular flexibility index (Phi) is 4.28. The van der Waals surface area contributed by atoms with Crippen LogP contribution in [-0.2, 0) is 9.59 Å². The molecule has 5 nitrogen and oxygen atoms in total. The van der Waals surface area contributed by atoms with Crippen molar-refractivity contribution in [1.82, 2.24) is 4.90 Å². The second kappa shape index (κ2) is 4.71. The summed E-state index contributed by atoms with van der Waals surface area (Å²) in [6.07, 6.45) is 0. The minimum Gasteiger partial charge on any atom is -0.480 e. The number of carboxylic acid groups (broad SMARTS) is 2. The number of rotatable bonds is 5. The summed E-state index contributed by atoms with van der Waals surface area (Å²) < 4.78 is 0. The van der Waals surface area contributed by atoms with Crippen molar-refractivity contribution >= 4 is 11.9 Å². The Morgan fingerprint density at radius 1 is 1.17 bits per heavy atom. The SMILES string of the molecule is CCN(CC)C(C(=O)O)C(=O)O. The van der Waals surface area contributed by atoms with Gasteiger partial charge in [0.2, 0.25) is 6.04 Å². The summed E-state index contributed by atoms with van der Waals surface area (Å²) in [6.45, 7) is 4.28. The van der Waals surface area contributed by atoms with E-state index in [1.807, 2.05) is 0 Å². The van der Waals surface area contributed by atoms with Gasteiger partial charge in [-0.2, -0.15) is 0 Å². The van der Waals surface area contributed by atoms with Crippen LogP contribution in [0.25, 0.3) is 0 Å². The van der Waals surface area contributed by atoms with E-state index in [2.05, 4.69) is 0 Å². The first-order valence-electron chi connectivity index (χ1n) is 3.74. The molecule has 2 N–H and O–H groups in total. The molecule has 70 valence electrons. The maximum Gasteiger partial charge on any atom is 0.332 e. The maximum absolute atomic E-state index is 10.5. The van der Waals surface area contributed by atoms with E-state index in [1.54, 1.807) is 13.8 Å². The highest BCUT2D eigenvalue weighted by atomic mass is 16.4. The predicted octanol–water partition coefficient (Wildman–Crippen LogP) is -0.134. The molecular weight excluding hydrogens is 162 g/mol. The van der Waals surface area contributed by atoms with Gasteiger partial charge in [-0.3, -0.25) is 4.90 Å². The first-order valence-corrected chi connectivity index (χ1v) is 3.74. The fraction of sp³-hybridized carbons (Fsp3) is 0.714.